The van der Waals surface area contributed by atoms with Crippen molar-refractivity contribution in [1.82, 2.24) is 19.9 Å². The fourth-order valence-corrected chi connectivity index (χ4v) is 3.17. The molecule has 1 aromatic carbocycles. The highest BCUT2D eigenvalue weighted by atomic mass is 16.5. The number of ether oxygens (including phenoxy) is 3. The van der Waals surface area contributed by atoms with Crippen LogP contribution in [-0.2, 0) is 16.1 Å². The molecule has 0 saturated heterocycles. The van der Waals surface area contributed by atoms with Gasteiger partial charge in [0.15, 0.2) is 5.69 Å². The predicted octanol–water partition coefficient (Wildman–Crippen LogP) is 3.62. The molecule has 0 spiro atoms. The van der Waals surface area contributed by atoms with Crippen molar-refractivity contribution in [1.29, 1.82) is 0 Å². The Kier molecular flexibility index (Phi) is 4.86. The number of pyridine rings is 1. The number of esters is 1. The molecule has 0 saturated carbocycles. The van der Waals surface area contributed by atoms with Crippen molar-refractivity contribution in [2.45, 2.75) is 13.5 Å². The summed E-state index contributed by atoms with van der Waals surface area (Å²) in [6.07, 6.45) is 6.29. The van der Waals surface area contributed by atoms with Gasteiger partial charge < -0.3 is 19.2 Å². The number of aromatic amines is 1. The number of benzene rings is 1. The molecule has 1 N–H and O–H groups in total. The molecular weight excluding hydrogens is 360 g/mol. The molecule has 0 atom stereocenters. The first-order chi connectivity index (χ1) is 13.7. The van der Waals surface area contributed by atoms with Crippen LogP contribution in [0.3, 0.4) is 0 Å². The average Bonchev–Trinajstić information content (AvgIpc) is 3.09. The zero-order valence-electron chi connectivity index (χ0n) is 15.4. The van der Waals surface area contributed by atoms with E-state index in [2.05, 4.69) is 19.9 Å². The number of nitrogens with one attached hydrogen (secondary N) is 1. The second-order valence-corrected chi connectivity index (χ2v) is 5.98. The molecule has 3 heterocycles. The van der Waals surface area contributed by atoms with Gasteiger partial charge in [0.25, 0.3) is 0 Å². The van der Waals surface area contributed by atoms with E-state index in [1.54, 1.807) is 32.6 Å². The number of rotatable bonds is 6. The van der Waals surface area contributed by atoms with Gasteiger partial charge in [0.1, 0.15) is 5.75 Å². The first-order valence-electron chi connectivity index (χ1n) is 8.75. The summed E-state index contributed by atoms with van der Waals surface area (Å²) in [6, 6.07) is 5.64. The lowest BCUT2D eigenvalue weighted by Gasteiger charge is -2.10. The van der Waals surface area contributed by atoms with Crippen LogP contribution in [0.5, 0.6) is 11.6 Å². The first kappa shape index (κ1) is 17.9. The molecule has 8 nitrogen and oxygen atoms in total. The van der Waals surface area contributed by atoms with Crippen molar-refractivity contribution in [3.8, 4) is 11.6 Å². The first-order valence-corrected chi connectivity index (χ1v) is 8.75. The zero-order chi connectivity index (χ0) is 19.5. The topological polar surface area (TPSA) is 99.2 Å². The molecule has 3 aromatic heterocycles. The highest BCUT2D eigenvalue weighted by Gasteiger charge is 2.22. The second kappa shape index (κ2) is 7.61. The summed E-state index contributed by atoms with van der Waals surface area (Å²) in [4.78, 5) is 28.2. The summed E-state index contributed by atoms with van der Waals surface area (Å²) in [5.74, 6) is 0.470. The molecule has 4 aromatic rings. The molecule has 0 unspecified atom stereocenters. The van der Waals surface area contributed by atoms with Gasteiger partial charge in [-0.3, -0.25) is 4.98 Å². The van der Waals surface area contributed by atoms with Crippen molar-refractivity contribution in [2.75, 3.05) is 13.7 Å². The molecular formula is C20H18N4O4. The number of carbonyl (C=O) groups is 1. The molecule has 0 radical (unpaired) electrons. The normalized spacial score (nSPS) is 11.1. The number of H-pyrrole nitrogens is 1. The van der Waals surface area contributed by atoms with Crippen LogP contribution in [-0.4, -0.2) is 39.6 Å². The Balaban J connectivity index is 1.97. The molecule has 4 rings (SSSR count). The quantitative estimate of drug-likeness (QED) is 0.512. The lowest BCUT2D eigenvalue weighted by Crippen LogP contribution is -2.11. The van der Waals surface area contributed by atoms with Crippen LogP contribution in [0, 0.1) is 0 Å². The Morgan fingerprint density at radius 2 is 2.00 bits per heavy atom. The summed E-state index contributed by atoms with van der Waals surface area (Å²) in [7, 11) is 1.57. The minimum absolute atomic E-state index is 0.199. The third-order valence-corrected chi connectivity index (χ3v) is 4.24. The SMILES string of the molecule is CCOC(=O)c1ncc2[nH]c3cccc(Oc4cnccn4)c3c2c1COC. The molecule has 8 heteroatoms. The van der Waals surface area contributed by atoms with Gasteiger partial charge in [-0.2, -0.15) is 0 Å². The standard InChI is InChI=1S/C20H18N4O4/c1-3-27-20(25)19-12(11-26-2)17-14(9-23-19)24-13-5-4-6-15(18(13)17)28-16-10-21-7-8-22-16/h4-10,24H,3,11H2,1-2H3. The predicted molar refractivity (Wildman–Crippen MR) is 102 cm³/mol. The molecule has 0 aliphatic rings. The van der Waals surface area contributed by atoms with Gasteiger partial charge in [-0.05, 0) is 19.1 Å². The van der Waals surface area contributed by atoms with Crippen molar-refractivity contribution < 1.29 is 19.0 Å². The Hall–Kier alpha value is -3.52. The third kappa shape index (κ3) is 3.14. The van der Waals surface area contributed by atoms with E-state index in [9.17, 15) is 4.79 Å². The third-order valence-electron chi connectivity index (χ3n) is 4.24. The lowest BCUT2D eigenvalue weighted by atomic mass is 10.1. The van der Waals surface area contributed by atoms with Crippen molar-refractivity contribution in [3.63, 3.8) is 0 Å². The van der Waals surface area contributed by atoms with E-state index in [1.165, 1.54) is 6.20 Å². The van der Waals surface area contributed by atoms with Gasteiger partial charge >= 0.3 is 5.97 Å². The van der Waals surface area contributed by atoms with Crippen molar-refractivity contribution in [2.24, 2.45) is 0 Å². The van der Waals surface area contributed by atoms with E-state index >= 15 is 0 Å². The van der Waals surface area contributed by atoms with Crippen LogP contribution >= 0.6 is 0 Å². The molecule has 142 valence electrons. The van der Waals surface area contributed by atoms with Crippen LogP contribution < -0.4 is 4.74 Å². The number of aromatic nitrogens is 4. The molecule has 0 aliphatic heterocycles. The van der Waals surface area contributed by atoms with E-state index in [0.29, 0.717) is 17.2 Å². The van der Waals surface area contributed by atoms with E-state index in [0.717, 1.165) is 21.8 Å². The summed E-state index contributed by atoms with van der Waals surface area (Å²) in [5, 5.41) is 1.61. The number of methoxy groups -OCH3 is 1. The number of nitrogens with zero attached hydrogens (tertiary/aromatic N) is 3. The molecule has 0 bridgehead atoms. The summed E-state index contributed by atoms with van der Waals surface area (Å²) >= 11 is 0. The zero-order valence-corrected chi connectivity index (χ0v) is 15.4. The van der Waals surface area contributed by atoms with Crippen LogP contribution in [0.15, 0.2) is 43.0 Å². The molecule has 0 aliphatic carbocycles. The summed E-state index contributed by atoms with van der Waals surface area (Å²) < 4.78 is 16.5. The number of fused-ring (bicyclic) bond motifs is 3. The van der Waals surface area contributed by atoms with Crippen LogP contribution in [0.4, 0.5) is 0 Å². The molecule has 0 fully saturated rings. The smallest absolute Gasteiger partial charge is 0.357 e. The van der Waals surface area contributed by atoms with Crippen LogP contribution in [0.1, 0.15) is 23.0 Å². The Morgan fingerprint density at radius 1 is 1.11 bits per heavy atom. The Morgan fingerprint density at radius 3 is 2.75 bits per heavy atom. The van der Waals surface area contributed by atoms with E-state index in [4.69, 9.17) is 14.2 Å². The van der Waals surface area contributed by atoms with Gasteiger partial charge in [0.05, 0.1) is 42.0 Å². The van der Waals surface area contributed by atoms with Gasteiger partial charge in [-0.15, -0.1) is 0 Å². The summed E-state index contributed by atoms with van der Waals surface area (Å²) in [6.45, 7) is 2.22. The van der Waals surface area contributed by atoms with E-state index in [-0.39, 0.29) is 18.9 Å². The second-order valence-electron chi connectivity index (χ2n) is 5.98. The monoisotopic (exact) mass is 378 g/mol. The van der Waals surface area contributed by atoms with Crippen LogP contribution in [0.25, 0.3) is 21.8 Å². The fraction of sp³-hybridized carbons (Fsp3) is 0.200. The highest BCUT2D eigenvalue weighted by Crippen LogP contribution is 2.37. The van der Waals surface area contributed by atoms with Gasteiger partial charge in [0.2, 0.25) is 5.88 Å². The Labute approximate surface area is 160 Å². The van der Waals surface area contributed by atoms with Gasteiger partial charge in [-0.25, -0.2) is 14.8 Å². The maximum absolute atomic E-state index is 12.4. The largest absolute Gasteiger partial charge is 0.461 e. The Bertz CT molecular complexity index is 1140. The van der Waals surface area contributed by atoms with Crippen molar-refractivity contribution >= 4 is 27.8 Å². The highest BCUT2D eigenvalue weighted by molar-refractivity contribution is 6.13. The maximum Gasteiger partial charge on any atom is 0.357 e. The van der Waals surface area contributed by atoms with Gasteiger partial charge in [-0.1, -0.05) is 6.07 Å². The number of hydrogen-bond donors (Lipinski definition) is 1. The maximum atomic E-state index is 12.4. The number of hydrogen-bond acceptors (Lipinski definition) is 7. The van der Waals surface area contributed by atoms with E-state index < -0.39 is 5.97 Å². The van der Waals surface area contributed by atoms with Crippen molar-refractivity contribution in [3.05, 3.63) is 54.2 Å². The average molecular weight is 378 g/mol. The molecule has 0 amide bonds. The minimum Gasteiger partial charge on any atom is -0.461 e. The minimum atomic E-state index is -0.488. The molecule has 28 heavy (non-hydrogen) atoms. The number of carbonyl (C=O) groups excluding carboxylic acids is 1. The lowest BCUT2D eigenvalue weighted by molar-refractivity contribution is 0.0514. The van der Waals surface area contributed by atoms with Crippen LogP contribution in [0.2, 0.25) is 0 Å². The van der Waals surface area contributed by atoms with E-state index in [1.807, 2.05) is 18.2 Å². The fourth-order valence-electron chi connectivity index (χ4n) is 3.17. The summed E-state index contributed by atoms with van der Waals surface area (Å²) in [5.41, 5.74) is 2.48. The van der Waals surface area contributed by atoms with Gasteiger partial charge in [0, 0.05) is 30.5 Å².